The number of carbonyl (C=O) groups excluding carboxylic acids is 2. The van der Waals surface area contributed by atoms with Crippen LogP contribution in [0.1, 0.15) is 12.0 Å². The van der Waals surface area contributed by atoms with Crippen LogP contribution in [0.15, 0.2) is 75.3 Å². The van der Waals surface area contributed by atoms with Gasteiger partial charge in [0.1, 0.15) is 9.46 Å². The van der Waals surface area contributed by atoms with E-state index >= 15 is 0 Å². The summed E-state index contributed by atoms with van der Waals surface area (Å²) >= 11 is 7.71. The Balaban J connectivity index is 1.62. The van der Waals surface area contributed by atoms with Crippen molar-refractivity contribution in [2.45, 2.75) is 22.8 Å². The van der Waals surface area contributed by atoms with Crippen LogP contribution in [-0.4, -0.2) is 30.6 Å². The highest BCUT2D eigenvalue weighted by molar-refractivity contribution is 8.16. The van der Waals surface area contributed by atoms with Crippen LogP contribution in [0.25, 0.3) is 0 Å². The van der Waals surface area contributed by atoms with E-state index in [2.05, 4.69) is 9.71 Å². The van der Waals surface area contributed by atoms with Crippen molar-refractivity contribution >= 4 is 73.1 Å². The summed E-state index contributed by atoms with van der Waals surface area (Å²) in [7, 11) is -4.09. The van der Waals surface area contributed by atoms with Crippen molar-refractivity contribution in [1.29, 1.82) is 0 Å². The van der Waals surface area contributed by atoms with Crippen LogP contribution in [-0.2, 0) is 19.6 Å². The largest absolute Gasteiger partial charge is 0.326 e. The van der Waals surface area contributed by atoms with Crippen LogP contribution in [0.5, 0.6) is 0 Å². The first-order chi connectivity index (χ1) is 15.7. The molecule has 1 fully saturated rings. The van der Waals surface area contributed by atoms with Crippen molar-refractivity contribution in [3.8, 4) is 0 Å². The molecule has 0 spiro atoms. The highest BCUT2D eigenvalue weighted by atomic mass is 35.5. The summed E-state index contributed by atoms with van der Waals surface area (Å²) in [6, 6.07) is 18.8. The average Bonchev–Trinajstić information content (AvgIpc) is 3.34. The number of anilines is 2. The normalized spacial score (nSPS) is 17.5. The van der Waals surface area contributed by atoms with Crippen LogP contribution in [0.3, 0.4) is 0 Å². The molecule has 2 heterocycles. The number of sulfonamides is 1. The minimum atomic E-state index is -4.09. The molecule has 3 aromatic rings. The summed E-state index contributed by atoms with van der Waals surface area (Å²) in [5, 5.41) is 1.98. The maximum Gasteiger partial charge on any atom is 0.294 e. The van der Waals surface area contributed by atoms with E-state index in [1.165, 1.54) is 17.0 Å². The number of aryl methyl sites for hydroxylation is 1. The van der Waals surface area contributed by atoms with E-state index in [0.717, 1.165) is 28.7 Å². The molecule has 0 saturated carbocycles. The second kappa shape index (κ2) is 9.68. The van der Waals surface area contributed by atoms with Crippen molar-refractivity contribution in [3.05, 3.63) is 76.6 Å². The second-order valence-electron chi connectivity index (χ2n) is 7.09. The third-order valence-corrected chi connectivity index (χ3v) is 8.96. The van der Waals surface area contributed by atoms with Crippen molar-refractivity contribution in [2.24, 2.45) is 4.40 Å². The lowest BCUT2D eigenvalue weighted by Gasteiger charge is -2.16. The highest BCUT2D eigenvalue weighted by Crippen LogP contribution is 2.36. The second-order valence-corrected chi connectivity index (χ2v) is 11.8. The van der Waals surface area contributed by atoms with Crippen molar-refractivity contribution in [2.75, 3.05) is 10.2 Å². The molecule has 1 aliphatic rings. The lowest BCUT2D eigenvalue weighted by atomic mass is 10.2. The summed E-state index contributed by atoms with van der Waals surface area (Å²) in [5.74, 6) is -0.762. The van der Waals surface area contributed by atoms with Crippen LogP contribution in [0, 0.1) is 6.92 Å². The van der Waals surface area contributed by atoms with Crippen molar-refractivity contribution in [3.63, 3.8) is 0 Å². The molecule has 0 bridgehead atoms. The molecule has 0 radical (unpaired) electrons. The molecule has 0 aliphatic carbocycles. The fourth-order valence-electron chi connectivity index (χ4n) is 3.14. The number of hydrogen-bond donors (Lipinski definition) is 1. The molecule has 1 aromatic heterocycles. The van der Waals surface area contributed by atoms with Gasteiger partial charge in [0.2, 0.25) is 11.8 Å². The Labute approximate surface area is 204 Å². The van der Waals surface area contributed by atoms with Crippen LogP contribution < -0.4 is 10.2 Å². The van der Waals surface area contributed by atoms with Crippen LogP contribution in [0.2, 0.25) is 4.34 Å². The molecule has 1 atom stereocenters. The van der Waals surface area contributed by atoms with E-state index in [9.17, 15) is 18.0 Å². The predicted octanol–water partition coefficient (Wildman–Crippen LogP) is 4.93. The summed E-state index contributed by atoms with van der Waals surface area (Å²) in [6.45, 7) is 1.87. The molecular weight excluding hydrogens is 502 g/mol. The first-order valence-corrected chi connectivity index (χ1v) is 13.3. The number of halogens is 1. The first-order valence-electron chi connectivity index (χ1n) is 9.76. The third-order valence-electron chi connectivity index (χ3n) is 4.74. The molecule has 0 unspecified atom stereocenters. The van der Waals surface area contributed by atoms with E-state index in [4.69, 9.17) is 11.6 Å². The summed E-state index contributed by atoms with van der Waals surface area (Å²) in [6.07, 6.45) is -0.134. The molecule has 1 N–H and O–H groups in total. The van der Waals surface area contributed by atoms with E-state index in [1.807, 2.05) is 25.1 Å². The quantitative estimate of drug-likeness (QED) is 0.498. The smallest absolute Gasteiger partial charge is 0.294 e. The fourth-order valence-corrected chi connectivity index (χ4v) is 6.94. The van der Waals surface area contributed by atoms with Gasteiger partial charge in [-0.2, -0.15) is 8.42 Å². The van der Waals surface area contributed by atoms with Crippen molar-refractivity contribution in [1.82, 2.24) is 0 Å². The third kappa shape index (κ3) is 5.30. The molecule has 4 rings (SSSR count). The maximum atomic E-state index is 13.2. The predicted molar refractivity (Wildman–Crippen MR) is 134 cm³/mol. The van der Waals surface area contributed by atoms with E-state index in [-0.39, 0.29) is 21.7 Å². The number of amidine groups is 1. The topological polar surface area (TPSA) is 95.9 Å². The first kappa shape index (κ1) is 23.5. The van der Waals surface area contributed by atoms with E-state index in [0.29, 0.717) is 15.7 Å². The Hall–Kier alpha value is -2.66. The Kier molecular flexibility index (Phi) is 6.89. The standard InChI is InChI=1S/C22H18ClN3O4S3/c1-14-7-5-6-10-16(14)24-19(27)13-17-21(28)26(15-8-3-2-4-9-15)22(31-17)25-33(29,30)20-12-11-18(23)32-20/h2-12,17H,13H2,1H3,(H,24,27)/t17-/m1/s1. The SMILES string of the molecule is Cc1ccccc1NC(=O)C[C@H]1SC(=NS(=O)(=O)c2ccc(Cl)s2)N(c2ccccc2)C1=O. The Morgan fingerprint density at radius 2 is 1.79 bits per heavy atom. The number of hydrogen-bond acceptors (Lipinski definition) is 6. The zero-order valence-electron chi connectivity index (χ0n) is 17.3. The monoisotopic (exact) mass is 519 g/mol. The number of nitrogens with one attached hydrogen (secondary N) is 1. The van der Waals surface area contributed by atoms with Gasteiger partial charge in [0, 0.05) is 12.1 Å². The minimum Gasteiger partial charge on any atom is -0.326 e. The van der Waals surface area contributed by atoms with Gasteiger partial charge in [-0.1, -0.05) is 59.8 Å². The lowest BCUT2D eigenvalue weighted by Crippen LogP contribution is -2.33. The number of para-hydroxylation sites is 2. The number of amides is 2. The summed E-state index contributed by atoms with van der Waals surface area (Å²) < 4.78 is 29.9. The van der Waals surface area contributed by atoms with Gasteiger partial charge in [-0.05, 0) is 42.8 Å². The molecule has 170 valence electrons. The van der Waals surface area contributed by atoms with Gasteiger partial charge in [0.25, 0.3) is 10.0 Å². The van der Waals surface area contributed by atoms with Crippen molar-refractivity contribution < 1.29 is 18.0 Å². The van der Waals surface area contributed by atoms with Gasteiger partial charge in [-0.3, -0.25) is 14.5 Å². The van der Waals surface area contributed by atoms with Gasteiger partial charge in [0.15, 0.2) is 5.17 Å². The molecule has 7 nitrogen and oxygen atoms in total. The zero-order valence-corrected chi connectivity index (χ0v) is 20.5. The average molecular weight is 520 g/mol. The molecule has 1 aliphatic heterocycles. The molecule has 11 heteroatoms. The van der Waals surface area contributed by atoms with Gasteiger partial charge in [-0.25, -0.2) is 0 Å². The fraction of sp³-hybridized carbons (Fsp3) is 0.136. The number of benzene rings is 2. The number of carbonyl (C=O) groups is 2. The molecule has 2 amide bonds. The van der Waals surface area contributed by atoms with Gasteiger partial charge in [-0.15, -0.1) is 15.7 Å². The Morgan fingerprint density at radius 3 is 2.45 bits per heavy atom. The molecular formula is C22H18ClN3O4S3. The van der Waals surface area contributed by atoms with Gasteiger partial charge in [0.05, 0.1) is 10.0 Å². The molecule has 1 saturated heterocycles. The molecule has 2 aromatic carbocycles. The van der Waals surface area contributed by atoms with Crippen LogP contribution >= 0.6 is 34.7 Å². The molecule has 33 heavy (non-hydrogen) atoms. The lowest BCUT2D eigenvalue weighted by molar-refractivity contribution is -0.121. The highest BCUT2D eigenvalue weighted by Gasteiger charge is 2.41. The Morgan fingerprint density at radius 1 is 1.09 bits per heavy atom. The minimum absolute atomic E-state index is 0.00980. The summed E-state index contributed by atoms with van der Waals surface area (Å²) in [5.41, 5.74) is 2.02. The number of thiophene rings is 1. The number of rotatable bonds is 6. The van der Waals surface area contributed by atoms with E-state index in [1.54, 1.807) is 36.4 Å². The number of nitrogens with zero attached hydrogens (tertiary/aromatic N) is 2. The zero-order chi connectivity index (χ0) is 23.6. The Bertz CT molecular complexity index is 1340. The maximum absolute atomic E-state index is 13.2. The van der Waals surface area contributed by atoms with Gasteiger partial charge < -0.3 is 5.32 Å². The van der Waals surface area contributed by atoms with Gasteiger partial charge >= 0.3 is 0 Å². The van der Waals surface area contributed by atoms with E-state index < -0.39 is 21.2 Å². The summed E-state index contributed by atoms with van der Waals surface area (Å²) in [4.78, 5) is 27.1. The van der Waals surface area contributed by atoms with Crippen LogP contribution in [0.4, 0.5) is 11.4 Å². The number of thioether (sulfide) groups is 1.